The van der Waals surface area contributed by atoms with Crippen molar-refractivity contribution in [2.75, 3.05) is 5.32 Å². The Labute approximate surface area is 186 Å². The minimum Gasteiger partial charge on any atom is -0.382 e. The second-order valence-corrected chi connectivity index (χ2v) is 7.79. The number of hydrogen-bond acceptors (Lipinski definition) is 4. The van der Waals surface area contributed by atoms with Gasteiger partial charge >= 0.3 is 0 Å². The Kier molecular flexibility index (Phi) is 5.94. The summed E-state index contributed by atoms with van der Waals surface area (Å²) in [5, 5.41) is 11.9. The molecule has 1 aromatic heterocycles. The number of oxime groups is 1. The average Bonchev–Trinajstić information content (AvgIpc) is 3.35. The zero-order chi connectivity index (χ0) is 21.3. The lowest BCUT2D eigenvalue weighted by Gasteiger charge is -2.08. The third-order valence-electron chi connectivity index (χ3n) is 4.43. The number of amides is 1. The van der Waals surface area contributed by atoms with E-state index in [1.165, 1.54) is 12.1 Å². The standard InChI is InChI=1S/C20H14Cl3FN4O2/c21-12-5-4-11(8-14(12)23)10-28-7-6-18(26-28)25-20(29)17-9-16(27-30-17)19-13(22)2-1-3-15(19)24/h1-8,17H,9-10H2,(H,25,26,29). The lowest BCUT2D eigenvalue weighted by atomic mass is 10.0. The molecule has 10 heteroatoms. The molecule has 1 aliphatic rings. The topological polar surface area (TPSA) is 68.5 Å². The molecule has 0 spiro atoms. The van der Waals surface area contributed by atoms with Crippen LogP contribution in [0.4, 0.5) is 10.2 Å². The number of anilines is 1. The van der Waals surface area contributed by atoms with Crippen LogP contribution < -0.4 is 5.32 Å². The molecule has 2 heterocycles. The van der Waals surface area contributed by atoms with Gasteiger partial charge < -0.3 is 10.2 Å². The van der Waals surface area contributed by atoms with E-state index in [0.717, 1.165) is 5.56 Å². The molecule has 1 atom stereocenters. The van der Waals surface area contributed by atoms with Crippen molar-refractivity contribution < 1.29 is 14.0 Å². The van der Waals surface area contributed by atoms with Crippen LogP contribution >= 0.6 is 34.8 Å². The summed E-state index contributed by atoms with van der Waals surface area (Å²) in [4.78, 5) is 17.7. The van der Waals surface area contributed by atoms with Crippen LogP contribution in [-0.4, -0.2) is 27.5 Å². The Morgan fingerprint density at radius 2 is 2.00 bits per heavy atom. The van der Waals surface area contributed by atoms with Gasteiger partial charge in [-0.3, -0.25) is 9.48 Å². The predicted molar refractivity (Wildman–Crippen MR) is 114 cm³/mol. The predicted octanol–water partition coefficient (Wildman–Crippen LogP) is 5.16. The van der Waals surface area contributed by atoms with Gasteiger partial charge in [0.25, 0.3) is 5.91 Å². The number of halogens is 4. The molecule has 1 unspecified atom stereocenters. The molecule has 1 N–H and O–H groups in total. The second kappa shape index (κ2) is 8.63. The first-order valence-electron chi connectivity index (χ1n) is 8.86. The summed E-state index contributed by atoms with van der Waals surface area (Å²) in [5.41, 5.74) is 1.33. The second-order valence-electron chi connectivity index (χ2n) is 6.57. The molecular weight excluding hydrogens is 454 g/mol. The summed E-state index contributed by atoms with van der Waals surface area (Å²) in [6.45, 7) is 0.450. The largest absolute Gasteiger partial charge is 0.382 e. The van der Waals surface area contributed by atoms with E-state index >= 15 is 0 Å². The Hall–Kier alpha value is -2.61. The maximum atomic E-state index is 14.1. The number of hydrogen-bond donors (Lipinski definition) is 1. The van der Waals surface area contributed by atoms with Gasteiger partial charge in [-0.15, -0.1) is 0 Å². The highest BCUT2D eigenvalue weighted by Crippen LogP contribution is 2.26. The first-order chi connectivity index (χ1) is 14.4. The van der Waals surface area contributed by atoms with E-state index in [-0.39, 0.29) is 22.7 Å². The molecule has 2 aromatic carbocycles. The maximum absolute atomic E-state index is 14.1. The summed E-state index contributed by atoms with van der Waals surface area (Å²) in [6.07, 6.45) is 0.904. The van der Waals surface area contributed by atoms with Crippen molar-refractivity contribution in [3.05, 3.63) is 80.7 Å². The number of nitrogens with one attached hydrogen (secondary N) is 1. The van der Waals surface area contributed by atoms with Crippen LogP contribution in [0.2, 0.25) is 15.1 Å². The first-order valence-corrected chi connectivity index (χ1v) is 9.99. The molecule has 0 bridgehead atoms. The molecular formula is C20H14Cl3FN4O2. The smallest absolute Gasteiger partial charge is 0.269 e. The summed E-state index contributed by atoms with van der Waals surface area (Å²) in [7, 11) is 0. The number of carbonyl (C=O) groups is 1. The van der Waals surface area contributed by atoms with Gasteiger partial charge in [-0.05, 0) is 29.8 Å². The van der Waals surface area contributed by atoms with Crippen molar-refractivity contribution in [3.63, 3.8) is 0 Å². The molecule has 6 nitrogen and oxygen atoms in total. The van der Waals surface area contributed by atoms with Crippen LogP contribution in [0.25, 0.3) is 0 Å². The van der Waals surface area contributed by atoms with E-state index in [0.29, 0.717) is 22.4 Å². The fourth-order valence-electron chi connectivity index (χ4n) is 2.99. The van der Waals surface area contributed by atoms with E-state index in [1.54, 1.807) is 35.1 Å². The fourth-order valence-corrected chi connectivity index (χ4v) is 3.58. The number of aromatic nitrogens is 2. The van der Waals surface area contributed by atoms with Gasteiger partial charge in [-0.1, -0.05) is 52.1 Å². The normalized spacial score (nSPS) is 15.6. The van der Waals surface area contributed by atoms with Crippen molar-refractivity contribution in [1.29, 1.82) is 0 Å². The van der Waals surface area contributed by atoms with Gasteiger partial charge in [-0.2, -0.15) is 5.10 Å². The number of carbonyl (C=O) groups excluding carboxylic acids is 1. The summed E-state index contributed by atoms with van der Waals surface area (Å²) >= 11 is 18.0. The zero-order valence-electron chi connectivity index (χ0n) is 15.3. The van der Waals surface area contributed by atoms with Gasteiger partial charge in [0, 0.05) is 18.7 Å². The van der Waals surface area contributed by atoms with Crippen molar-refractivity contribution in [1.82, 2.24) is 9.78 Å². The fraction of sp³-hybridized carbons (Fsp3) is 0.150. The molecule has 1 aliphatic heterocycles. The van der Waals surface area contributed by atoms with Gasteiger partial charge in [0.15, 0.2) is 5.82 Å². The van der Waals surface area contributed by atoms with Crippen molar-refractivity contribution in [2.24, 2.45) is 5.16 Å². The first kappa shape index (κ1) is 20.7. The van der Waals surface area contributed by atoms with Gasteiger partial charge in [0.2, 0.25) is 6.10 Å². The lowest BCUT2D eigenvalue weighted by molar-refractivity contribution is -0.125. The molecule has 30 heavy (non-hydrogen) atoms. The molecule has 3 aromatic rings. The van der Waals surface area contributed by atoms with Crippen molar-refractivity contribution in [2.45, 2.75) is 19.1 Å². The Morgan fingerprint density at radius 1 is 1.17 bits per heavy atom. The molecule has 0 aliphatic carbocycles. The zero-order valence-corrected chi connectivity index (χ0v) is 17.5. The highest BCUT2D eigenvalue weighted by Gasteiger charge is 2.31. The molecule has 4 rings (SSSR count). The van der Waals surface area contributed by atoms with E-state index < -0.39 is 17.8 Å². The lowest BCUT2D eigenvalue weighted by Crippen LogP contribution is -2.28. The minimum atomic E-state index is -0.907. The van der Waals surface area contributed by atoms with Crippen molar-refractivity contribution >= 4 is 52.2 Å². The van der Waals surface area contributed by atoms with Crippen LogP contribution in [0.3, 0.4) is 0 Å². The summed E-state index contributed by atoms with van der Waals surface area (Å²) in [5.74, 6) is -0.617. The van der Waals surface area contributed by atoms with Crippen LogP contribution in [0.5, 0.6) is 0 Å². The minimum absolute atomic E-state index is 0.0937. The third-order valence-corrected chi connectivity index (χ3v) is 5.49. The SMILES string of the molecule is O=C(Nc1ccn(Cc2ccc(Cl)c(Cl)c2)n1)C1CC(c2c(F)cccc2Cl)=NO1. The highest BCUT2D eigenvalue weighted by atomic mass is 35.5. The molecule has 0 saturated carbocycles. The maximum Gasteiger partial charge on any atom is 0.269 e. The Balaban J connectivity index is 1.38. The number of rotatable bonds is 5. The monoisotopic (exact) mass is 466 g/mol. The van der Waals surface area contributed by atoms with Gasteiger partial charge in [0.1, 0.15) is 5.82 Å². The summed E-state index contributed by atoms with van der Waals surface area (Å²) in [6, 6.07) is 11.3. The number of benzene rings is 2. The van der Waals surface area contributed by atoms with Crippen LogP contribution in [0.1, 0.15) is 17.5 Å². The van der Waals surface area contributed by atoms with Gasteiger partial charge in [0.05, 0.1) is 32.9 Å². The van der Waals surface area contributed by atoms with Crippen LogP contribution in [0.15, 0.2) is 53.8 Å². The molecule has 154 valence electrons. The van der Waals surface area contributed by atoms with E-state index in [4.69, 9.17) is 39.6 Å². The molecule has 0 saturated heterocycles. The Bertz CT molecular complexity index is 1130. The van der Waals surface area contributed by atoms with E-state index in [2.05, 4.69) is 15.6 Å². The van der Waals surface area contributed by atoms with E-state index in [1.807, 2.05) is 6.07 Å². The van der Waals surface area contributed by atoms with Crippen LogP contribution in [0, 0.1) is 5.82 Å². The highest BCUT2D eigenvalue weighted by molar-refractivity contribution is 6.42. The molecule has 0 radical (unpaired) electrons. The average molecular weight is 468 g/mol. The Morgan fingerprint density at radius 3 is 2.77 bits per heavy atom. The molecule has 0 fully saturated rings. The third kappa shape index (κ3) is 4.43. The van der Waals surface area contributed by atoms with Gasteiger partial charge in [-0.25, -0.2) is 4.39 Å². The van der Waals surface area contributed by atoms with E-state index in [9.17, 15) is 9.18 Å². The molecule has 1 amide bonds. The van der Waals surface area contributed by atoms with Crippen molar-refractivity contribution in [3.8, 4) is 0 Å². The quantitative estimate of drug-likeness (QED) is 0.563. The summed E-state index contributed by atoms with van der Waals surface area (Å²) < 4.78 is 15.7. The van der Waals surface area contributed by atoms with Crippen LogP contribution in [-0.2, 0) is 16.2 Å². The number of nitrogens with zero attached hydrogens (tertiary/aromatic N) is 3.